The SMILES string of the molecule is CC1CN(C(=O)c2cc(F)cnc2Cl)CCC1O. The number of hydrogen-bond acceptors (Lipinski definition) is 3. The van der Waals surface area contributed by atoms with Crippen molar-refractivity contribution in [3.8, 4) is 0 Å². The van der Waals surface area contributed by atoms with E-state index in [-0.39, 0.29) is 22.5 Å². The van der Waals surface area contributed by atoms with Gasteiger partial charge in [-0.15, -0.1) is 0 Å². The van der Waals surface area contributed by atoms with Gasteiger partial charge in [-0.25, -0.2) is 9.37 Å². The summed E-state index contributed by atoms with van der Waals surface area (Å²) in [5.74, 6) is -0.929. The zero-order valence-electron chi connectivity index (χ0n) is 9.94. The first kappa shape index (κ1) is 13.2. The van der Waals surface area contributed by atoms with Gasteiger partial charge in [0.25, 0.3) is 5.91 Å². The summed E-state index contributed by atoms with van der Waals surface area (Å²) in [6.45, 7) is 2.75. The Bertz CT molecular complexity index is 469. The molecule has 18 heavy (non-hydrogen) atoms. The number of hydrogen-bond donors (Lipinski definition) is 1. The van der Waals surface area contributed by atoms with Crippen LogP contribution in [0.4, 0.5) is 4.39 Å². The van der Waals surface area contributed by atoms with E-state index in [2.05, 4.69) is 4.98 Å². The van der Waals surface area contributed by atoms with E-state index in [4.69, 9.17) is 11.6 Å². The standard InChI is InChI=1S/C12H14ClFN2O2/c1-7-6-16(3-2-10(7)17)12(18)9-4-8(14)5-15-11(9)13/h4-5,7,10,17H,2-3,6H2,1H3. The molecule has 1 aromatic rings. The minimum Gasteiger partial charge on any atom is -0.393 e. The van der Waals surface area contributed by atoms with E-state index in [1.54, 1.807) is 4.90 Å². The lowest BCUT2D eigenvalue weighted by Crippen LogP contribution is -2.45. The smallest absolute Gasteiger partial charge is 0.257 e. The molecule has 0 aromatic carbocycles. The van der Waals surface area contributed by atoms with Crippen molar-refractivity contribution in [2.45, 2.75) is 19.4 Å². The van der Waals surface area contributed by atoms with Crippen molar-refractivity contribution in [1.29, 1.82) is 0 Å². The lowest BCUT2D eigenvalue weighted by Gasteiger charge is -2.34. The van der Waals surface area contributed by atoms with Crippen molar-refractivity contribution in [3.05, 3.63) is 28.8 Å². The summed E-state index contributed by atoms with van der Waals surface area (Å²) in [6.07, 6.45) is 1.10. The highest BCUT2D eigenvalue weighted by Crippen LogP contribution is 2.21. The van der Waals surface area contributed by atoms with Crippen LogP contribution in [0.15, 0.2) is 12.3 Å². The number of likely N-dealkylation sites (tertiary alicyclic amines) is 1. The molecule has 1 aliphatic rings. The molecular formula is C12H14ClFN2O2. The summed E-state index contributed by atoms with van der Waals surface area (Å²) in [6, 6.07) is 1.09. The third-order valence-corrected chi connectivity index (χ3v) is 3.48. The number of aromatic nitrogens is 1. The molecule has 1 amide bonds. The van der Waals surface area contributed by atoms with Crippen molar-refractivity contribution in [1.82, 2.24) is 9.88 Å². The second-order valence-corrected chi connectivity index (χ2v) is 4.93. The Labute approximate surface area is 109 Å². The van der Waals surface area contributed by atoms with Gasteiger partial charge in [0.05, 0.1) is 17.9 Å². The molecule has 0 radical (unpaired) electrons. The third-order valence-electron chi connectivity index (χ3n) is 3.18. The first-order valence-corrected chi connectivity index (χ1v) is 6.15. The molecule has 1 aliphatic heterocycles. The maximum Gasteiger partial charge on any atom is 0.257 e. The molecule has 1 saturated heterocycles. The van der Waals surface area contributed by atoms with E-state index in [9.17, 15) is 14.3 Å². The summed E-state index contributed by atoms with van der Waals surface area (Å²) in [5.41, 5.74) is 0.0697. The highest BCUT2D eigenvalue weighted by atomic mass is 35.5. The van der Waals surface area contributed by atoms with Gasteiger partial charge in [-0.05, 0) is 18.4 Å². The van der Waals surface area contributed by atoms with Gasteiger partial charge in [0, 0.05) is 13.1 Å². The fraction of sp³-hybridized carbons (Fsp3) is 0.500. The Morgan fingerprint density at radius 2 is 2.39 bits per heavy atom. The van der Waals surface area contributed by atoms with Gasteiger partial charge in [-0.3, -0.25) is 4.79 Å². The van der Waals surface area contributed by atoms with Crippen molar-refractivity contribution in [3.63, 3.8) is 0 Å². The number of aliphatic hydroxyl groups excluding tert-OH is 1. The topological polar surface area (TPSA) is 53.4 Å². The summed E-state index contributed by atoms with van der Waals surface area (Å²) in [7, 11) is 0. The highest BCUT2D eigenvalue weighted by molar-refractivity contribution is 6.32. The second-order valence-electron chi connectivity index (χ2n) is 4.58. The first-order valence-electron chi connectivity index (χ1n) is 5.77. The molecule has 2 rings (SSSR count). The van der Waals surface area contributed by atoms with Crippen LogP contribution in [0.25, 0.3) is 0 Å². The van der Waals surface area contributed by atoms with Gasteiger partial charge >= 0.3 is 0 Å². The van der Waals surface area contributed by atoms with Gasteiger partial charge in [-0.1, -0.05) is 18.5 Å². The average molecular weight is 273 g/mol. The molecule has 4 nitrogen and oxygen atoms in total. The lowest BCUT2D eigenvalue weighted by atomic mass is 9.96. The van der Waals surface area contributed by atoms with Crippen LogP contribution in [-0.2, 0) is 0 Å². The minimum absolute atomic E-state index is 0.000162. The van der Waals surface area contributed by atoms with Crippen LogP contribution >= 0.6 is 11.6 Å². The maximum atomic E-state index is 13.1. The van der Waals surface area contributed by atoms with E-state index in [0.29, 0.717) is 19.5 Å². The van der Waals surface area contributed by atoms with Gasteiger partial charge in [0.2, 0.25) is 0 Å². The van der Waals surface area contributed by atoms with Gasteiger partial charge in [-0.2, -0.15) is 0 Å². The zero-order valence-corrected chi connectivity index (χ0v) is 10.7. The third kappa shape index (κ3) is 2.62. The number of amides is 1. The van der Waals surface area contributed by atoms with Crippen molar-refractivity contribution in [2.24, 2.45) is 5.92 Å². The number of halogens is 2. The fourth-order valence-electron chi connectivity index (χ4n) is 2.06. The first-order chi connectivity index (χ1) is 8.49. The summed E-state index contributed by atoms with van der Waals surface area (Å²) in [4.78, 5) is 17.4. The molecule has 0 saturated carbocycles. The number of rotatable bonds is 1. The molecular weight excluding hydrogens is 259 g/mol. The number of aliphatic hydroxyl groups is 1. The van der Waals surface area contributed by atoms with E-state index in [1.807, 2.05) is 6.92 Å². The molecule has 2 unspecified atom stereocenters. The number of carbonyl (C=O) groups excluding carboxylic acids is 1. The Hall–Kier alpha value is -1.20. The molecule has 2 atom stereocenters. The molecule has 0 spiro atoms. The van der Waals surface area contributed by atoms with Gasteiger partial charge in [0.15, 0.2) is 0 Å². The van der Waals surface area contributed by atoms with E-state index in [1.165, 1.54) is 0 Å². The summed E-state index contributed by atoms with van der Waals surface area (Å²) >= 11 is 5.80. The van der Waals surface area contributed by atoms with E-state index < -0.39 is 11.9 Å². The highest BCUT2D eigenvalue weighted by Gasteiger charge is 2.29. The van der Waals surface area contributed by atoms with Crippen molar-refractivity contribution in [2.75, 3.05) is 13.1 Å². The second kappa shape index (κ2) is 5.20. The molecule has 1 N–H and O–H groups in total. The van der Waals surface area contributed by atoms with Crippen molar-refractivity contribution < 1.29 is 14.3 Å². The number of pyridine rings is 1. The van der Waals surface area contributed by atoms with Crippen LogP contribution in [0.3, 0.4) is 0 Å². The Morgan fingerprint density at radius 3 is 3.06 bits per heavy atom. The maximum absolute atomic E-state index is 13.1. The Balaban J connectivity index is 2.19. The van der Waals surface area contributed by atoms with Crippen LogP contribution in [0.1, 0.15) is 23.7 Å². The molecule has 6 heteroatoms. The Morgan fingerprint density at radius 1 is 1.67 bits per heavy atom. The number of piperidine rings is 1. The largest absolute Gasteiger partial charge is 0.393 e. The lowest BCUT2D eigenvalue weighted by molar-refractivity contribution is 0.0297. The summed E-state index contributed by atoms with van der Waals surface area (Å²) in [5, 5.41) is 9.61. The van der Waals surface area contributed by atoms with Crippen LogP contribution in [0, 0.1) is 11.7 Å². The number of nitrogens with zero attached hydrogens (tertiary/aromatic N) is 2. The molecule has 0 aliphatic carbocycles. The quantitative estimate of drug-likeness (QED) is 0.792. The van der Waals surface area contributed by atoms with E-state index in [0.717, 1.165) is 12.3 Å². The van der Waals surface area contributed by atoms with Gasteiger partial charge in [0.1, 0.15) is 11.0 Å². The molecule has 98 valence electrons. The molecule has 1 aromatic heterocycles. The molecule has 0 bridgehead atoms. The normalized spacial score (nSPS) is 24.1. The average Bonchev–Trinajstić information content (AvgIpc) is 2.35. The van der Waals surface area contributed by atoms with Gasteiger partial charge < -0.3 is 10.0 Å². The predicted octanol–water partition coefficient (Wildman–Crippen LogP) is 1.72. The summed E-state index contributed by atoms with van der Waals surface area (Å²) < 4.78 is 13.1. The van der Waals surface area contributed by atoms with Crippen LogP contribution in [0.2, 0.25) is 5.15 Å². The Kier molecular flexibility index (Phi) is 3.82. The fourth-order valence-corrected chi connectivity index (χ4v) is 2.24. The van der Waals surface area contributed by atoms with Crippen molar-refractivity contribution >= 4 is 17.5 Å². The van der Waals surface area contributed by atoms with Crippen LogP contribution in [-0.4, -0.2) is 40.1 Å². The van der Waals surface area contributed by atoms with E-state index >= 15 is 0 Å². The number of carbonyl (C=O) groups is 1. The van der Waals surface area contributed by atoms with Crippen LogP contribution in [0.5, 0.6) is 0 Å². The zero-order chi connectivity index (χ0) is 13.3. The van der Waals surface area contributed by atoms with Crippen LogP contribution < -0.4 is 0 Å². The predicted molar refractivity (Wildman–Crippen MR) is 64.9 cm³/mol. The molecule has 2 heterocycles. The minimum atomic E-state index is -0.590. The monoisotopic (exact) mass is 272 g/mol. The molecule has 1 fully saturated rings.